The van der Waals surface area contributed by atoms with Gasteiger partial charge >= 0.3 is 6.03 Å². The number of urea groups is 1. The van der Waals surface area contributed by atoms with Gasteiger partial charge in [0.1, 0.15) is 6.04 Å². The quantitative estimate of drug-likeness (QED) is 0.776. The van der Waals surface area contributed by atoms with Crippen molar-refractivity contribution in [3.8, 4) is 0 Å². The predicted octanol–water partition coefficient (Wildman–Crippen LogP) is 1.66. The van der Waals surface area contributed by atoms with Crippen LogP contribution in [0, 0.1) is 5.92 Å². The number of anilines is 1. The molecular weight excluding hydrogens is 304 g/mol. The van der Waals surface area contributed by atoms with E-state index in [9.17, 15) is 18.0 Å². The van der Waals surface area contributed by atoms with Crippen molar-refractivity contribution in [2.45, 2.75) is 30.7 Å². The highest BCUT2D eigenvalue weighted by Crippen LogP contribution is 2.33. The zero-order valence-electron chi connectivity index (χ0n) is 12.5. The zero-order valence-corrected chi connectivity index (χ0v) is 13.3. The Bertz CT molecular complexity index is 726. The van der Waals surface area contributed by atoms with Gasteiger partial charge in [0.25, 0.3) is 5.91 Å². The lowest BCUT2D eigenvalue weighted by Crippen LogP contribution is -2.41. The number of carbonyl (C=O) groups excluding carboxylic acids is 2. The molecule has 7 heteroatoms. The van der Waals surface area contributed by atoms with Gasteiger partial charge in [-0.3, -0.25) is 4.79 Å². The summed E-state index contributed by atoms with van der Waals surface area (Å²) in [6.07, 6.45) is 2.70. The van der Waals surface area contributed by atoms with E-state index in [2.05, 4.69) is 6.92 Å². The molecule has 3 amide bonds. The minimum atomic E-state index is -3.30. The molecule has 1 aromatic carbocycles. The first-order chi connectivity index (χ1) is 10.3. The summed E-state index contributed by atoms with van der Waals surface area (Å²) >= 11 is 0. The molecule has 2 aliphatic heterocycles. The molecule has 0 N–H and O–H groups in total. The van der Waals surface area contributed by atoms with Crippen LogP contribution in [-0.4, -0.2) is 44.1 Å². The lowest BCUT2D eigenvalue weighted by Gasteiger charge is -2.30. The molecule has 0 spiro atoms. The van der Waals surface area contributed by atoms with Gasteiger partial charge in [0, 0.05) is 12.8 Å². The molecule has 0 radical (unpaired) electrons. The van der Waals surface area contributed by atoms with Gasteiger partial charge < -0.3 is 4.90 Å². The Morgan fingerprint density at radius 2 is 1.77 bits per heavy atom. The molecule has 0 saturated carbocycles. The molecule has 6 nitrogen and oxygen atoms in total. The maximum atomic E-state index is 12.5. The highest BCUT2D eigenvalue weighted by atomic mass is 32.2. The Kier molecular flexibility index (Phi) is 3.47. The second-order valence-corrected chi connectivity index (χ2v) is 8.08. The minimum Gasteiger partial charge on any atom is -0.312 e. The normalized spacial score (nSPS) is 25.5. The van der Waals surface area contributed by atoms with Crippen molar-refractivity contribution in [1.29, 1.82) is 0 Å². The van der Waals surface area contributed by atoms with Crippen molar-refractivity contribution in [3.05, 3.63) is 24.3 Å². The molecule has 0 bridgehead atoms. The van der Waals surface area contributed by atoms with E-state index in [0.29, 0.717) is 24.6 Å². The van der Waals surface area contributed by atoms with Gasteiger partial charge in [-0.1, -0.05) is 6.92 Å². The molecular formula is C15H18N2O4S. The first-order valence-electron chi connectivity index (χ1n) is 7.23. The molecule has 0 unspecified atom stereocenters. The Morgan fingerprint density at radius 3 is 2.36 bits per heavy atom. The maximum absolute atomic E-state index is 12.5. The fraction of sp³-hybridized carbons (Fsp3) is 0.467. The second-order valence-electron chi connectivity index (χ2n) is 6.06. The van der Waals surface area contributed by atoms with Crippen LogP contribution in [-0.2, 0) is 14.6 Å². The summed E-state index contributed by atoms with van der Waals surface area (Å²) in [5, 5.41) is 0. The predicted molar refractivity (Wildman–Crippen MR) is 81.3 cm³/mol. The van der Waals surface area contributed by atoms with Crippen LogP contribution in [0.3, 0.4) is 0 Å². The number of hydrogen-bond acceptors (Lipinski definition) is 4. The Hall–Kier alpha value is -1.89. The van der Waals surface area contributed by atoms with Crippen molar-refractivity contribution in [1.82, 2.24) is 4.90 Å². The summed E-state index contributed by atoms with van der Waals surface area (Å²) in [4.78, 5) is 27.9. The number of amides is 3. The summed E-state index contributed by atoms with van der Waals surface area (Å²) in [5.74, 6) is 0.203. The topological polar surface area (TPSA) is 74.8 Å². The smallest absolute Gasteiger partial charge is 0.312 e. The maximum Gasteiger partial charge on any atom is 0.332 e. The first-order valence-corrected chi connectivity index (χ1v) is 9.13. The zero-order chi connectivity index (χ0) is 16.1. The van der Waals surface area contributed by atoms with E-state index in [4.69, 9.17) is 0 Å². The molecule has 22 heavy (non-hydrogen) atoms. The van der Waals surface area contributed by atoms with Gasteiger partial charge in [-0.15, -0.1) is 0 Å². The van der Waals surface area contributed by atoms with Crippen LogP contribution in [0.2, 0.25) is 0 Å². The minimum absolute atomic E-state index is 0.168. The fourth-order valence-corrected chi connectivity index (χ4v) is 3.69. The van der Waals surface area contributed by atoms with Crippen molar-refractivity contribution >= 4 is 27.5 Å². The van der Waals surface area contributed by atoms with E-state index in [1.807, 2.05) is 0 Å². The number of rotatable bonds is 2. The summed E-state index contributed by atoms with van der Waals surface area (Å²) in [6, 6.07) is 5.16. The number of hydrogen-bond donors (Lipinski definition) is 0. The Morgan fingerprint density at radius 1 is 1.14 bits per heavy atom. The third-order valence-corrected chi connectivity index (χ3v) is 5.46. The number of sulfone groups is 1. The van der Waals surface area contributed by atoms with Crippen LogP contribution >= 0.6 is 0 Å². The molecule has 2 saturated heterocycles. The Balaban J connectivity index is 1.92. The number of imide groups is 1. The van der Waals surface area contributed by atoms with Gasteiger partial charge in [-0.2, -0.15) is 0 Å². The molecule has 118 valence electrons. The fourth-order valence-electron chi connectivity index (χ4n) is 3.06. The molecule has 2 atom stereocenters. The van der Waals surface area contributed by atoms with Crippen molar-refractivity contribution in [3.63, 3.8) is 0 Å². The molecule has 0 aromatic heterocycles. The van der Waals surface area contributed by atoms with E-state index < -0.39 is 9.84 Å². The van der Waals surface area contributed by atoms with Crippen LogP contribution < -0.4 is 4.90 Å². The van der Waals surface area contributed by atoms with Gasteiger partial charge in [0.2, 0.25) is 0 Å². The highest BCUT2D eigenvalue weighted by Gasteiger charge is 2.47. The number of piperidine rings is 1. The largest absolute Gasteiger partial charge is 0.332 e. The Labute approximate surface area is 129 Å². The lowest BCUT2D eigenvalue weighted by molar-refractivity contribution is -0.120. The van der Waals surface area contributed by atoms with Crippen molar-refractivity contribution in [2.75, 3.05) is 17.7 Å². The number of carbonyl (C=O) groups is 2. The van der Waals surface area contributed by atoms with Crippen LogP contribution in [0.1, 0.15) is 19.8 Å². The first kappa shape index (κ1) is 15.0. The van der Waals surface area contributed by atoms with E-state index in [1.54, 1.807) is 4.90 Å². The lowest BCUT2D eigenvalue weighted by atomic mass is 9.93. The van der Waals surface area contributed by atoms with Crippen molar-refractivity contribution in [2.24, 2.45) is 5.92 Å². The molecule has 2 heterocycles. The summed E-state index contributed by atoms with van der Waals surface area (Å²) < 4.78 is 23.0. The van der Waals surface area contributed by atoms with E-state index >= 15 is 0 Å². The van der Waals surface area contributed by atoms with Gasteiger partial charge in [0.15, 0.2) is 9.84 Å². The monoisotopic (exact) mass is 322 g/mol. The number of nitrogens with zero attached hydrogens (tertiary/aromatic N) is 2. The van der Waals surface area contributed by atoms with Crippen molar-refractivity contribution < 1.29 is 18.0 Å². The molecule has 2 fully saturated rings. The number of fused-ring (bicyclic) bond motifs is 1. The summed E-state index contributed by atoms with van der Waals surface area (Å²) in [7, 11) is -3.30. The summed E-state index contributed by atoms with van der Waals surface area (Å²) in [6.45, 7) is 2.67. The van der Waals surface area contributed by atoms with Gasteiger partial charge in [-0.05, 0) is 43.0 Å². The average molecular weight is 322 g/mol. The van der Waals surface area contributed by atoms with Gasteiger partial charge in [-0.25, -0.2) is 18.1 Å². The SMILES string of the molecule is C[C@@H]1CCN2C(=O)N(c3ccc(S(C)(=O)=O)cc3)C(=O)[C@H]2C1. The third kappa shape index (κ3) is 2.39. The van der Waals surface area contributed by atoms with Crippen LogP contribution in [0.5, 0.6) is 0 Å². The highest BCUT2D eigenvalue weighted by molar-refractivity contribution is 7.90. The van der Waals surface area contributed by atoms with E-state index in [0.717, 1.165) is 17.6 Å². The van der Waals surface area contributed by atoms with E-state index in [-0.39, 0.29) is 22.9 Å². The number of benzene rings is 1. The standard InChI is InChI=1S/C15H18N2O4S/c1-10-7-8-16-13(9-10)14(18)17(15(16)19)11-3-5-12(6-4-11)22(2,20)21/h3-6,10,13H,7-9H2,1-2H3/t10-,13-/m1/s1. The molecule has 1 aromatic rings. The molecule has 0 aliphatic carbocycles. The second kappa shape index (κ2) is 5.08. The van der Waals surface area contributed by atoms with Gasteiger partial charge in [0.05, 0.1) is 10.6 Å². The third-order valence-electron chi connectivity index (χ3n) is 4.33. The van der Waals surface area contributed by atoms with Crippen LogP contribution in [0.4, 0.5) is 10.5 Å². The van der Waals surface area contributed by atoms with Crippen LogP contribution in [0.25, 0.3) is 0 Å². The summed E-state index contributed by atoms with van der Waals surface area (Å²) in [5.41, 5.74) is 0.421. The van der Waals surface area contributed by atoms with Crippen LogP contribution in [0.15, 0.2) is 29.2 Å². The molecule has 2 aliphatic rings. The van der Waals surface area contributed by atoms with E-state index in [1.165, 1.54) is 24.3 Å². The average Bonchev–Trinajstić information content (AvgIpc) is 2.70. The molecule has 3 rings (SSSR count).